The number of hydrogen-bond donors (Lipinski definition) is 0. The largest absolute Gasteiger partial charge is 0.421 e. The Hall–Kier alpha value is -2.80. The van der Waals surface area contributed by atoms with E-state index in [1.54, 1.807) is 6.07 Å². The van der Waals surface area contributed by atoms with Crippen molar-refractivity contribution in [1.82, 2.24) is 9.88 Å². The van der Waals surface area contributed by atoms with Crippen LogP contribution in [0.15, 0.2) is 48.7 Å². The summed E-state index contributed by atoms with van der Waals surface area (Å²) in [6.07, 6.45) is 1.58. The summed E-state index contributed by atoms with van der Waals surface area (Å²) in [6.45, 7) is 5.23. The van der Waals surface area contributed by atoms with Gasteiger partial charge >= 0.3 is 5.97 Å². The predicted molar refractivity (Wildman–Crippen MR) is 108 cm³/mol. The number of aromatic nitrogens is 1. The average molecular weight is 390 g/mol. The van der Waals surface area contributed by atoms with E-state index in [0.29, 0.717) is 36.8 Å². The van der Waals surface area contributed by atoms with Crippen molar-refractivity contribution in [2.45, 2.75) is 19.8 Å². The second kappa shape index (κ2) is 7.55. The lowest BCUT2D eigenvalue weighted by Crippen LogP contribution is -2.39. The lowest BCUT2D eigenvalue weighted by atomic mass is 10.1. The third kappa shape index (κ3) is 3.40. The smallest absolute Gasteiger partial charge is 0.343 e. The molecule has 6 heteroatoms. The van der Waals surface area contributed by atoms with Crippen LogP contribution in [-0.2, 0) is 16.1 Å². The molecule has 1 unspecified atom stereocenters. The number of ether oxygens (including phenoxy) is 3. The van der Waals surface area contributed by atoms with Crippen molar-refractivity contribution >= 4 is 16.7 Å². The predicted octanol–water partition coefficient (Wildman–Crippen LogP) is 3.62. The first-order valence-electron chi connectivity index (χ1n) is 9.83. The van der Waals surface area contributed by atoms with E-state index in [9.17, 15) is 4.79 Å². The molecule has 3 heterocycles. The van der Waals surface area contributed by atoms with Crippen LogP contribution in [-0.4, -0.2) is 42.2 Å². The molecule has 0 N–H and O–H groups in total. The molecule has 1 atom stereocenters. The molecule has 1 aromatic heterocycles. The summed E-state index contributed by atoms with van der Waals surface area (Å²) in [4.78, 5) is 19.6. The Kier molecular flexibility index (Phi) is 4.75. The van der Waals surface area contributed by atoms with Crippen LogP contribution >= 0.6 is 0 Å². The fourth-order valence-corrected chi connectivity index (χ4v) is 3.98. The number of aryl methyl sites for hydroxylation is 1. The van der Waals surface area contributed by atoms with Gasteiger partial charge in [0.1, 0.15) is 6.23 Å². The van der Waals surface area contributed by atoms with E-state index in [4.69, 9.17) is 14.2 Å². The highest BCUT2D eigenvalue weighted by Gasteiger charge is 2.35. The zero-order chi connectivity index (χ0) is 19.8. The van der Waals surface area contributed by atoms with Crippen molar-refractivity contribution in [2.24, 2.45) is 0 Å². The molecule has 6 nitrogen and oxygen atoms in total. The first-order chi connectivity index (χ1) is 14.2. The van der Waals surface area contributed by atoms with Gasteiger partial charge in [0.15, 0.2) is 5.75 Å². The molecule has 5 rings (SSSR count). The first kappa shape index (κ1) is 18.2. The van der Waals surface area contributed by atoms with E-state index >= 15 is 0 Å². The molecule has 0 aliphatic carbocycles. The van der Waals surface area contributed by atoms with E-state index < -0.39 is 0 Å². The molecule has 148 valence electrons. The average Bonchev–Trinajstić information content (AvgIpc) is 3.20. The molecule has 1 fully saturated rings. The maximum absolute atomic E-state index is 13.0. The number of morpholine rings is 1. The minimum Gasteiger partial charge on any atom is -0.421 e. The normalized spacial score (nSPS) is 19.3. The highest BCUT2D eigenvalue weighted by molar-refractivity contribution is 5.96. The second-order valence-electron chi connectivity index (χ2n) is 7.37. The van der Waals surface area contributed by atoms with Gasteiger partial charge in [-0.15, -0.1) is 0 Å². The van der Waals surface area contributed by atoms with Crippen LogP contribution in [0.3, 0.4) is 0 Å². The Bertz CT molecular complexity index is 1080. The summed E-state index contributed by atoms with van der Waals surface area (Å²) < 4.78 is 17.4. The van der Waals surface area contributed by atoms with Crippen LogP contribution in [0.1, 0.15) is 33.4 Å². The minimum absolute atomic E-state index is 0.241. The Labute approximate surface area is 169 Å². The van der Waals surface area contributed by atoms with Gasteiger partial charge in [-0.05, 0) is 29.8 Å². The number of nitrogens with zero attached hydrogens (tertiary/aromatic N) is 2. The number of pyridine rings is 1. The summed E-state index contributed by atoms with van der Waals surface area (Å²) in [5, 5.41) is 2.09. The van der Waals surface area contributed by atoms with Crippen LogP contribution in [0.25, 0.3) is 10.8 Å². The molecule has 0 radical (unpaired) electrons. The summed E-state index contributed by atoms with van der Waals surface area (Å²) >= 11 is 0. The quantitative estimate of drug-likeness (QED) is 0.637. The Morgan fingerprint density at radius 2 is 1.93 bits per heavy atom. The fourth-order valence-electron chi connectivity index (χ4n) is 3.98. The molecule has 0 saturated carbocycles. The van der Waals surface area contributed by atoms with Gasteiger partial charge in [-0.1, -0.05) is 30.3 Å². The highest BCUT2D eigenvalue weighted by atomic mass is 16.5. The molecule has 1 saturated heterocycles. The fraction of sp³-hybridized carbons (Fsp3) is 0.304. The van der Waals surface area contributed by atoms with Crippen molar-refractivity contribution in [2.75, 3.05) is 26.3 Å². The molecule has 0 spiro atoms. The number of carbonyl (C=O) groups is 1. The van der Waals surface area contributed by atoms with Crippen molar-refractivity contribution in [1.29, 1.82) is 0 Å². The number of fused-ring (bicyclic) bond motifs is 2. The van der Waals surface area contributed by atoms with Gasteiger partial charge in [-0.25, -0.2) is 4.79 Å². The van der Waals surface area contributed by atoms with Gasteiger partial charge in [0.05, 0.1) is 31.1 Å². The third-order valence-corrected chi connectivity index (χ3v) is 5.53. The number of esters is 1. The second-order valence-corrected chi connectivity index (χ2v) is 7.37. The standard InChI is InChI=1S/C23H22N2O4/c1-15-21(29-23(26)18-7-6-16-4-2-3-5-17(16)12-18)20-19(13-24-15)14-28-22(20)25-8-10-27-11-9-25/h2-7,12-13,22H,8-11,14H2,1H3. The molecule has 0 amide bonds. The van der Waals surface area contributed by atoms with E-state index in [0.717, 1.165) is 35.0 Å². The number of rotatable bonds is 3. The minimum atomic E-state index is -0.387. The number of hydrogen-bond acceptors (Lipinski definition) is 6. The van der Waals surface area contributed by atoms with E-state index in [1.165, 1.54) is 0 Å². The Morgan fingerprint density at radius 1 is 1.14 bits per heavy atom. The van der Waals surface area contributed by atoms with Crippen LogP contribution < -0.4 is 4.74 Å². The van der Waals surface area contributed by atoms with Crippen molar-refractivity contribution in [3.63, 3.8) is 0 Å². The van der Waals surface area contributed by atoms with E-state index in [1.807, 2.05) is 49.5 Å². The van der Waals surface area contributed by atoms with Gasteiger partial charge in [-0.2, -0.15) is 0 Å². The maximum atomic E-state index is 13.0. The van der Waals surface area contributed by atoms with Crippen LogP contribution in [0.5, 0.6) is 5.75 Å². The SMILES string of the molecule is Cc1ncc2c(c1OC(=O)c1ccc3ccccc3c1)C(N1CCOCC1)OC2. The Morgan fingerprint density at radius 3 is 2.76 bits per heavy atom. The van der Waals surface area contributed by atoms with Crippen LogP contribution in [0.4, 0.5) is 0 Å². The Balaban J connectivity index is 1.48. The van der Waals surface area contributed by atoms with E-state index in [-0.39, 0.29) is 12.2 Å². The molecule has 2 aliphatic rings. The zero-order valence-electron chi connectivity index (χ0n) is 16.3. The van der Waals surface area contributed by atoms with Gasteiger partial charge < -0.3 is 14.2 Å². The summed E-state index contributed by atoms with van der Waals surface area (Å²) in [5.74, 6) is 0.122. The van der Waals surface area contributed by atoms with Crippen LogP contribution in [0.2, 0.25) is 0 Å². The summed E-state index contributed by atoms with van der Waals surface area (Å²) in [5.41, 5.74) is 3.08. The number of carbonyl (C=O) groups excluding carboxylic acids is 1. The maximum Gasteiger partial charge on any atom is 0.343 e. The molecular formula is C23H22N2O4. The summed E-state index contributed by atoms with van der Waals surface area (Å²) in [7, 11) is 0. The van der Waals surface area contributed by atoms with Gasteiger partial charge in [-0.3, -0.25) is 9.88 Å². The summed E-state index contributed by atoms with van der Waals surface area (Å²) in [6, 6.07) is 13.5. The van der Waals surface area contributed by atoms with Crippen molar-refractivity contribution in [3.8, 4) is 5.75 Å². The molecule has 29 heavy (non-hydrogen) atoms. The molecular weight excluding hydrogens is 368 g/mol. The monoisotopic (exact) mass is 390 g/mol. The first-order valence-corrected chi connectivity index (χ1v) is 9.83. The van der Waals surface area contributed by atoms with Crippen molar-refractivity contribution in [3.05, 3.63) is 71.0 Å². The third-order valence-electron chi connectivity index (χ3n) is 5.53. The number of benzene rings is 2. The van der Waals surface area contributed by atoms with Gasteiger partial charge in [0.25, 0.3) is 0 Å². The molecule has 0 bridgehead atoms. The van der Waals surface area contributed by atoms with Gasteiger partial charge in [0, 0.05) is 30.4 Å². The van der Waals surface area contributed by atoms with Gasteiger partial charge in [0.2, 0.25) is 0 Å². The molecule has 2 aliphatic heterocycles. The lowest BCUT2D eigenvalue weighted by molar-refractivity contribution is -0.0918. The topological polar surface area (TPSA) is 60.9 Å². The molecule has 2 aromatic carbocycles. The highest BCUT2D eigenvalue weighted by Crippen LogP contribution is 2.41. The molecule has 3 aromatic rings. The van der Waals surface area contributed by atoms with Crippen molar-refractivity contribution < 1.29 is 19.0 Å². The van der Waals surface area contributed by atoms with E-state index in [2.05, 4.69) is 9.88 Å². The zero-order valence-corrected chi connectivity index (χ0v) is 16.3. The lowest BCUT2D eigenvalue weighted by Gasteiger charge is -2.32. The van der Waals surface area contributed by atoms with Crippen LogP contribution in [0, 0.1) is 6.92 Å².